The van der Waals surface area contributed by atoms with Crippen LogP contribution in [0.4, 0.5) is 101 Å². The highest BCUT2D eigenvalue weighted by Crippen LogP contribution is 2.67. The quantitative estimate of drug-likeness (QED) is 0.113. The van der Waals surface area contributed by atoms with Crippen LogP contribution in [0.2, 0.25) is 0 Å². The van der Waals surface area contributed by atoms with Gasteiger partial charge in [-0.05, 0) is 36.4 Å². The van der Waals surface area contributed by atoms with Gasteiger partial charge < -0.3 is 9.30 Å². The second-order valence-electron chi connectivity index (χ2n) is 11.1. The highest BCUT2D eigenvalue weighted by Gasteiger charge is 2.99. The molecule has 0 saturated heterocycles. The number of ether oxygens (including phenoxy) is 1. The van der Waals surface area contributed by atoms with Crippen LogP contribution < -0.4 is 0 Å². The monoisotopic (exact) mass is 861 g/mol. The zero-order valence-corrected chi connectivity index (χ0v) is 26.0. The zero-order chi connectivity index (χ0) is 43.6. The van der Waals surface area contributed by atoms with E-state index in [0.29, 0.717) is 0 Å². The van der Waals surface area contributed by atoms with Crippen LogP contribution in [-0.2, 0) is 16.1 Å². The molecule has 0 aliphatic rings. The summed E-state index contributed by atoms with van der Waals surface area (Å²) >= 11 is 0. The molecular formula is C28H14F23N3O2. The number of hydrogen-bond donors (Lipinski definition) is 0. The first-order chi connectivity index (χ1) is 25.0. The van der Waals surface area contributed by atoms with Crippen LogP contribution in [-0.4, -0.2) is 92.5 Å². The zero-order valence-electron chi connectivity index (χ0n) is 26.0. The first kappa shape index (κ1) is 45.8. The van der Waals surface area contributed by atoms with Gasteiger partial charge >= 0.3 is 71.4 Å². The lowest BCUT2D eigenvalue weighted by molar-refractivity contribution is -0.477. The predicted octanol–water partition coefficient (Wildman–Crippen LogP) is 10.1. The number of hydrogen-bond acceptors (Lipinski definition) is 4. The molecule has 0 fully saturated rings. The van der Waals surface area contributed by atoms with Crippen molar-refractivity contribution >= 4 is 5.97 Å². The van der Waals surface area contributed by atoms with Gasteiger partial charge in [0.25, 0.3) is 0 Å². The average molecular weight is 861 g/mol. The highest BCUT2D eigenvalue weighted by atomic mass is 19.4. The third-order valence-electron chi connectivity index (χ3n) is 7.64. The third-order valence-corrected chi connectivity index (χ3v) is 7.64. The molecule has 0 aromatic carbocycles. The molecule has 3 aromatic heterocycles. The molecule has 0 atom stereocenters. The number of alkyl halides is 23. The molecule has 0 bridgehead atoms. The van der Waals surface area contributed by atoms with Crippen LogP contribution in [0, 0.1) is 0 Å². The Balaban J connectivity index is 1.98. The van der Waals surface area contributed by atoms with Crippen molar-refractivity contribution in [3.8, 4) is 22.5 Å². The van der Waals surface area contributed by atoms with E-state index in [1.807, 2.05) is 0 Å². The standard InChI is InChI=1S/C28H14F23N3O2/c29-18(30,17(55)56-12-11-54-15(13-3-7-52-8-4-13)1-2-16(54)14-5-9-53-10-6-14)19(31,32)20(33,34)21(35,36)22(37,38)23(39,40)24(41,42)25(43,44)26(45,46)27(47,48)28(49,50)51/h1-10H,11-12H2. The summed E-state index contributed by atoms with van der Waals surface area (Å²) in [6.45, 7) is -2.60. The number of aromatic nitrogens is 3. The minimum absolute atomic E-state index is 0.0870. The van der Waals surface area contributed by atoms with Crippen molar-refractivity contribution in [3.05, 3.63) is 61.2 Å². The molecule has 0 radical (unpaired) electrons. The topological polar surface area (TPSA) is 57.0 Å². The molecule has 0 aliphatic heterocycles. The molecule has 5 nitrogen and oxygen atoms in total. The van der Waals surface area contributed by atoms with Crippen LogP contribution in [0.25, 0.3) is 22.5 Å². The van der Waals surface area contributed by atoms with Crippen molar-refractivity contribution in [2.24, 2.45) is 0 Å². The first-order valence-electron chi connectivity index (χ1n) is 14.0. The van der Waals surface area contributed by atoms with Gasteiger partial charge in [0.2, 0.25) is 0 Å². The van der Waals surface area contributed by atoms with Gasteiger partial charge in [0, 0.05) is 47.3 Å². The van der Waals surface area contributed by atoms with Gasteiger partial charge in [-0.2, -0.15) is 101 Å². The summed E-state index contributed by atoms with van der Waals surface area (Å²) in [5, 5.41) is 0. The molecule has 0 spiro atoms. The largest absolute Gasteiger partial charge is 0.460 e. The minimum atomic E-state index is -9.54. The van der Waals surface area contributed by atoms with Gasteiger partial charge in [0.05, 0.1) is 6.54 Å². The Kier molecular flexibility index (Phi) is 11.3. The van der Waals surface area contributed by atoms with Gasteiger partial charge in [-0.3, -0.25) is 9.97 Å². The maximum Gasteiger partial charge on any atom is 0.460 e. The van der Waals surface area contributed by atoms with Crippen LogP contribution in [0.15, 0.2) is 61.2 Å². The maximum absolute atomic E-state index is 14.4. The highest BCUT2D eigenvalue weighted by molar-refractivity contribution is 5.79. The summed E-state index contributed by atoms with van der Waals surface area (Å²) in [7, 11) is 0. The number of pyridine rings is 2. The number of rotatable bonds is 15. The summed E-state index contributed by atoms with van der Waals surface area (Å²) in [5.41, 5.74) is 0.682. The van der Waals surface area contributed by atoms with E-state index in [-0.39, 0.29) is 22.5 Å². The molecule has 56 heavy (non-hydrogen) atoms. The molecule has 0 N–H and O–H groups in total. The molecule has 0 aliphatic carbocycles. The Morgan fingerprint density at radius 3 is 1.04 bits per heavy atom. The van der Waals surface area contributed by atoms with Crippen LogP contribution in [0.3, 0.4) is 0 Å². The number of nitrogens with zero attached hydrogens (tertiary/aromatic N) is 3. The predicted molar refractivity (Wildman–Crippen MR) is 137 cm³/mol. The van der Waals surface area contributed by atoms with Crippen molar-refractivity contribution in [2.75, 3.05) is 6.61 Å². The smallest absolute Gasteiger partial charge is 0.459 e. The Morgan fingerprint density at radius 1 is 0.446 bits per heavy atom. The molecule has 3 rings (SSSR count). The van der Waals surface area contributed by atoms with Gasteiger partial charge in [0.1, 0.15) is 6.61 Å². The van der Waals surface area contributed by atoms with E-state index in [1.165, 1.54) is 61.2 Å². The Hall–Kier alpha value is -4.56. The first-order valence-corrected chi connectivity index (χ1v) is 14.0. The molecule has 0 unspecified atom stereocenters. The van der Waals surface area contributed by atoms with Crippen molar-refractivity contribution < 1.29 is 111 Å². The van der Waals surface area contributed by atoms with Gasteiger partial charge in [-0.15, -0.1) is 0 Å². The summed E-state index contributed by atoms with van der Waals surface area (Å²) in [5.74, 6) is -94.1. The summed E-state index contributed by atoms with van der Waals surface area (Å²) in [6.07, 6.45) is -3.30. The van der Waals surface area contributed by atoms with E-state index in [0.717, 1.165) is 4.57 Å². The van der Waals surface area contributed by atoms with E-state index >= 15 is 0 Å². The average Bonchev–Trinajstić information content (AvgIpc) is 3.51. The van der Waals surface area contributed by atoms with E-state index in [9.17, 15) is 106 Å². The van der Waals surface area contributed by atoms with E-state index in [4.69, 9.17) is 0 Å². The second kappa shape index (κ2) is 13.8. The van der Waals surface area contributed by atoms with Crippen molar-refractivity contribution in [3.63, 3.8) is 0 Å². The summed E-state index contributed by atoms with van der Waals surface area (Å²) < 4.78 is 320. The number of carbonyl (C=O) groups is 1. The lowest BCUT2D eigenvalue weighted by atomic mass is 9.85. The minimum Gasteiger partial charge on any atom is -0.459 e. The van der Waals surface area contributed by atoms with Crippen molar-refractivity contribution in [1.82, 2.24) is 14.5 Å². The number of halogens is 23. The molecule has 314 valence electrons. The SMILES string of the molecule is O=C(OCCn1c(-c2ccncc2)ccc1-c1ccncc1)C(F)(F)C(F)(F)C(F)(F)C(F)(F)C(F)(F)C(F)(F)C(F)(F)C(F)(F)C(F)(F)C(F)(F)C(F)(F)F. The maximum atomic E-state index is 14.4. The Morgan fingerprint density at radius 2 is 0.732 bits per heavy atom. The Labute approximate surface area is 294 Å². The second-order valence-corrected chi connectivity index (χ2v) is 11.1. The fourth-order valence-electron chi connectivity index (χ4n) is 4.46. The van der Waals surface area contributed by atoms with E-state index in [2.05, 4.69) is 14.7 Å². The van der Waals surface area contributed by atoms with E-state index < -0.39 is 84.5 Å². The fraction of sp³-hybridized carbons (Fsp3) is 0.464. The summed E-state index contributed by atoms with van der Waals surface area (Å²) in [6, 6.07) is 7.93. The molecule has 3 aromatic rings. The van der Waals surface area contributed by atoms with Crippen molar-refractivity contribution in [2.45, 2.75) is 71.9 Å². The molecule has 0 amide bonds. The molecular weight excluding hydrogens is 847 g/mol. The normalized spacial score (nSPS) is 14.9. The van der Waals surface area contributed by atoms with Gasteiger partial charge in [0.15, 0.2) is 0 Å². The van der Waals surface area contributed by atoms with E-state index in [1.54, 1.807) is 0 Å². The van der Waals surface area contributed by atoms with Crippen LogP contribution >= 0.6 is 0 Å². The lowest BCUT2D eigenvalue weighted by Crippen LogP contribution is -2.78. The number of esters is 1. The third kappa shape index (κ3) is 6.42. The van der Waals surface area contributed by atoms with Gasteiger partial charge in [-0.25, -0.2) is 4.79 Å². The van der Waals surface area contributed by atoms with Crippen molar-refractivity contribution in [1.29, 1.82) is 0 Å². The van der Waals surface area contributed by atoms with Crippen LogP contribution in [0.1, 0.15) is 0 Å². The summed E-state index contributed by atoms with van der Waals surface area (Å²) in [4.78, 5) is 19.3. The lowest BCUT2D eigenvalue weighted by Gasteiger charge is -2.44. The fourth-order valence-corrected chi connectivity index (χ4v) is 4.46. The number of carbonyl (C=O) groups excluding carboxylic acids is 1. The molecule has 0 saturated carbocycles. The van der Waals surface area contributed by atoms with Gasteiger partial charge in [-0.1, -0.05) is 0 Å². The molecule has 3 heterocycles. The van der Waals surface area contributed by atoms with Crippen LogP contribution in [0.5, 0.6) is 0 Å². The Bertz CT molecular complexity index is 1800. The molecule has 28 heteroatoms.